The Hall–Kier alpha value is -3.81. The van der Waals surface area contributed by atoms with E-state index in [9.17, 15) is 5.26 Å². The summed E-state index contributed by atoms with van der Waals surface area (Å²) >= 11 is 0. The van der Waals surface area contributed by atoms with Gasteiger partial charge in [0.15, 0.2) is 11.5 Å². The van der Waals surface area contributed by atoms with E-state index in [1.54, 1.807) is 19.8 Å². The van der Waals surface area contributed by atoms with Gasteiger partial charge in [-0.1, -0.05) is 105 Å². The van der Waals surface area contributed by atoms with E-state index in [0.29, 0.717) is 11.5 Å². The maximum absolute atomic E-state index is 10.4. The Morgan fingerprint density at radius 3 is 1.98 bits per heavy atom. The summed E-state index contributed by atoms with van der Waals surface area (Å²) in [5.74, 6) is 1.59. The number of hydrogen-bond donors (Lipinski definition) is 0. The SMILES string of the molecule is COc1ccc(C(C#N)(CCCCCCN2CCC(=C3c4ccccc4C=Cc4ccccc43)CC2)C(C)C)cc1OC. The second-order valence-electron chi connectivity index (χ2n) is 12.3. The molecular formula is C39H46N2O2. The molecule has 0 N–H and O–H groups in total. The zero-order chi connectivity index (χ0) is 30.2. The highest BCUT2D eigenvalue weighted by atomic mass is 16.5. The zero-order valence-corrected chi connectivity index (χ0v) is 26.4. The highest BCUT2D eigenvalue weighted by Crippen LogP contribution is 2.41. The van der Waals surface area contributed by atoms with E-state index < -0.39 is 5.41 Å². The first-order chi connectivity index (χ1) is 21.0. The molecule has 3 aromatic carbocycles. The molecular weight excluding hydrogens is 528 g/mol. The summed E-state index contributed by atoms with van der Waals surface area (Å²) < 4.78 is 11.0. The van der Waals surface area contributed by atoms with Gasteiger partial charge in [-0.05, 0) is 83.7 Å². The summed E-state index contributed by atoms with van der Waals surface area (Å²) in [6.07, 6.45) is 12.2. The molecule has 1 atom stereocenters. The molecule has 1 aliphatic carbocycles. The fourth-order valence-corrected chi connectivity index (χ4v) is 6.96. The van der Waals surface area contributed by atoms with Gasteiger partial charge in [-0.15, -0.1) is 0 Å². The molecule has 5 rings (SSSR count). The first kappa shape index (κ1) is 30.6. The molecule has 1 aliphatic heterocycles. The van der Waals surface area contributed by atoms with Crippen molar-refractivity contribution in [3.05, 3.63) is 100 Å². The van der Waals surface area contributed by atoms with Crippen LogP contribution < -0.4 is 9.47 Å². The summed E-state index contributed by atoms with van der Waals surface area (Å²) in [5.41, 5.74) is 8.91. The lowest BCUT2D eigenvalue weighted by Crippen LogP contribution is -2.32. The van der Waals surface area contributed by atoms with E-state index >= 15 is 0 Å². The van der Waals surface area contributed by atoms with Crippen LogP contribution >= 0.6 is 0 Å². The number of piperidine rings is 1. The smallest absolute Gasteiger partial charge is 0.161 e. The zero-order valence-electron chi connectivity index (χ0n) is 26.4. The Morgan fingerprint density at radius 2 is 1.40 bits per heavy atom. The third-order valence-corrected chi connectivity index (χ3v) is 9.60. The fourth-order valence-electron chi connectivity index (χ4n) is 6.96. The molecule has 43 heavy (non-hydrogen) atoms. The van der Waals surface area contributed by atoms with Gasteiger partial charge < -0.3 is 14.4 Å². The van der Waals surface area contributed by atoms with Crippen molar-refractivity contribution >= 4 is 17.7 Å². The predicted octanol–water partition coefficient (Wildman–Crippen LogP) is 9.15. The summed E-state index contributed by atoms with van der Waals surface area (Å²) in [7, 11) is 3.29. The van der Waals surface area contributed by atoms with Crippen molar-refractivity contribution < 1.29 is 9.47 Å². The number of hydrogen-bond acceptors (Lipinski definition) is 4. The summed E-state index contributed by atoms with van der Waals surface area (Å²) in [4.78, 5) is 2.65. The van der Waals surface area contributed by atoms with Crippen LogP contribution in [0.25, 0.3) is 17.7 Å². The highest BCUT2D eigenvalue weighted by Gasteiger charge is 2.36. The summed E-state index contributed by atoms with van der Waals surface area (Å²) in [6, 6.07) is 26.3. The minimum Gasteiger partial charge on any atom is -0.493 e. The van der Waals surface area contributed by atoms with Crippen LogP contribution in [0, 0.1) is 17.2 Å². The Balaban J connectivity index is 1.15. The molecule has 1 fully saturated rings. The van der Waals surface area contributed by atoms with Crippen LogP contribution in [0.3, 0.4) is 0 Å². The van der Waals surface area contributed by atoms with E-state index in [2.05, 4.69) is 85.5 Å². The number of ether oxygens (including phenoxy) is 2. The average molecular weight is 575 g/mol. The van der Waals surface area contributed by atoms with Gasteiger partial charge in [-0.2, -0.15) is 5.26 Å². The number of rotatable bonds is 11. The topological polar surface area (TPSA) is 45.5 Å². The quantitative estimate of drug-likeness (QED) is 0.168. The van der Waals surface area contributed by atoms with Crippen LogP contribution in [-0.4, -0.2) is 38.8 Å². The predicted molar refractivity (Wildman–Crippen MR) is 178 cm³/mol. The standard InChI is InChI=1S/C39H46N2O2/c1-29(2)39(28-40,33-19-20-36(42-3)37(27-33)43-4)23-11-5-6-12-24-41-25-21-32(22-26-41)38-34-15-9-7-13-30(34)17-18-31-14-8-10-16-35(31)38/h7-10,13-20,27,29H,5-6,11-12,21-26H2,1-4H3. The molecule has 2 aliphatic rings. The van der Waals surface area contributed by atoms with Crippen LogP contribution in [0.2, 0.25) is 0 Å². The number of benzene rings is 3. The Labute approximate surface area is 258 Å². The molecule has 0 bridgehead atoms. The summed E-state index contributed by atoms with van der Waals surface area (Å²) in [6.45, 7) is 7.72. The molecule has 0 amide bonds. The lowest BCUT2D eigenvalue weighted by molar-refractivity contribution is 0.250. The van der Waals surface area contributed by atoms with Crippen molar-refractivity contribution in [1.82, 2.24) is 4.90 Å². The normalized spacial score (nSPS) is 16.2. The average Bonchev–Trinajstić information content (AvgIpc) is 3.21. The second kappa shape index (κ2) is 14.1. The van der Waals surface area contributed by atoms with Crippen molar-refractivity contribution in [2.75, 3.05) is 33.9 Å². The van der Waals surface area contributed by atoms with E-state index in [0.717, 1.165) is 57.3 Å². The molecule has 0 aromatic heterocycles. The Morgan fingerprint density at radius 1 is 0.791 bits per heavy atom. The van der Waals surface area contributed by atoms with Crippen LogP contribution in [0.4, 0.5) is 0 Å². The van der Waals surface area contributed by atoms with Crippen LogP contribution in [0.15, 0.2) is 72.3 Å². The molecule has 4 heteroatoms. The van der Waals surface area contributed by atoms with Crippen LogP contribution in [-0.2, 0) is 5.41 Å². The molecule has 0 spiro atoms. The molecule has 4 nitrogen and oxygen atoms in total. The Kier molecular flexibility index (Phi) is 10.1. The molecule has 1 heterocycles. The van der Waals surface area contributed by atoms with Crippen molar-refractivity contribution in [3.8, 4) is 17.6 Å². The van der Waals surface area contributed by atoms with Gasteiger partial charge in [0.05, 0.1) is 25.7 Å². The van der Waals surface area contributed by atoms with E-state index in [1.807, 2.05) is 18.2 Å². The van der Waals surface area contributed by atoms with E-state index in [-0.39, 0.29) is 5.92 Å². The summed E-state index contributed by atoms with van der Waals surface area (Å²) in [5, 5.41) is 10.4. The molecule has 0 radical (unpaired) electrons. The van der Waals surface area contributed by atoms with Crippen LogP contribution in [0.1, 0.15) is 86.6 Å². The van der Waals surface area contributed by atoms with Gasteiger partial charge in [0.25, 0.3) is 0 Å². The van der Waals surface area contributed by atoms with Gasteiger partial charge in [-0.25, -0.2) is 0 Å². The van der Waals surface area contributed by atoms with E-state index in [4.69, 9.17) is 9.47 Å². The number of fused-ring (bicyclic) bond motifs is 2. The van der Waals surface area contributed by atoms with Gasteiger partial charge >= 0.3 is 0 Å². The van der Waals surface area contributed by atoms with Gasteiger partial charge in [0, 0.05) is 13.1 Å². The molecule has 0 saturated carbocycles. The molecule has 3 aromatic rings. The third kappa shape index (κ3) is 6.58. The molecule has 224 valence electrons. The minimum absolute atomic E-state index is 0.204. The third-order valence-electron chi connectivity index (χ3n) is 9.60. The highest BCUT2D eigenvalue weighted by molar-refractivity contribution is 5.94. The Bertz CT molecular complexity index is 1450. The molecule has 1 unspecified atom stereocenters. The van der Waals surface area contributed by atoms with Crippen molar-refractivity contribution in [1.29, 1.82) is 5.26 Å². The minimum atomic E-state index is -0.527. The number of nitriles is 1. The first-order valence-corrected chi connectivity index (χ1v) is 16.0. The van der Waals surface area contributed by atoms with E-state index in [1.165, 1.54) is 40.7 Å². The van der Waals surface area contributed by atoms with Crippen molar-refractivity contribution in [2.24, 2.45) is 5.92 Å². The lowest BCUT2D eigenvalue weighted by Gasteiger charge is -2.32. The van der Waals surface area contributed by atoms with Crippen LogP contribution in [0.5, 0.6) is 11.5 Å². The van der Waals surface area contributed by atoms with Crippen molar-refractivity contribution in [2.45, 2.75) is 64.2 Å². The van der Waals surface area contributed by atoms with Gasteiger partial charge in [-0.3, -0.25) is 0 Å². The number of nitrogens with zero attached hydrogens (tertiary/aromatic N) is 2. The number of methoxy groups -OCH3 is 2. The van der Waals surface area contributed by atoms with Crippen molar-refractivity contribution in [3.63, 3.8) is 0 Å². The number of likely N-dealkylation sites (tertiary alicyclic amines) is 1. The largest absolute Gasteiger partial charge is 0.493 e. The maximum atomic E-state index is 10.4. The maximum Gasteiger partial charge on any atom is 0.161 e. The van der Waals surface area contributed by atoms with Gasteiger partial charge in [0.2, 0.25) is 0 Å². The lowest BCUT2D eigenvalue weighted by atomic mass is 9.69. The fraction of sp³-hybridized carbons (Fsp3) is 0.410. The monoisotopic (exact) mass is 574 g/mol. The molecule has 1 saturated heterocycles. The first-order valence-electron chi connectivity index (χ1n) is 16.0. The number of unbranched alkanes of at least 4 members (excludes halogenated alkanes) is 3. The second-order valence-corrected chi connectivity index (χ2v) is 12.3. The van der Waals surface area contributed by atoms with Gasteiger partial charge in [0.1, 0.15) is 0 Å².